The Morgan fingerprint density at radius 3 is 2.28 bits per heavy atom. The third-order valence-corrected chi connectivity index (χ3v) is 3.97. The number of hydrogen-bond acceptors (Lipinski definition) is 1. The highest BCUT2D eigenvalue weighted by Crippen LogP contribution is 2.22. The highest BCUT2D eigenvalue weighted by atomic mass is 79.9. The Balaban J connectivity index is 2.65. The fourth-order valence-electron chi connectivity index (χ4n) is 1.94. The molecule has 0 saturated heterocycles. The van der Waals surface area contributed by atoms with Crippen molar-refractivity contribution in [2.24, 2.45) is 0 Å². The number of benzene rings is 1. The monoisotopic (exact) mass is 315 g/mol. The first-order valence-corrected chi connectivity index (χ1v) is 7.63. The van der Waals surface area contributed by atoms with E-state index in [9.17, 15) is 4.39 Å². The van der Waals surface area contributed by atoms with Crippen LogP contribution in [-0.2, 0) is 6.54 Å². The molecule has 1 rings (SSSR count). The minimum absolute atomic E-state index is 0.168. The van der Waals surface area contributed by atoms with E-state index >= 15 is 0 Å². The zero-order chi connectivity index (χ0) is 13.4. The molecule has 18 heavy (non-hydrogen) atoms. The molecule has 1 aromatic carbocycles. The van der Waals surface area contributed by atoms with Gasteiger partial charge in [-0.05, 0) is 53.5 Å². The lowest BCUT2D eigenvalue weighted by Gasteiger charge is -2.22. The summed E-state index contributed by atoms with van der Waals surface area (Å²) in [5, 5.41) is 0. The third kappa shape index (κ3) is 5.07. The molecule has 1 nitrogen and oxygen atoms in total. The van der Waals surface area contributed by atoms with Gasteiger partial charge in [0, 0.05) is 6.54 Å². The Hall–Kier alpha value is -0.410. The molecule has 0 aliphatic rings. The van der Waals surface area contributed by atoms with Crippen molar-refractivity contribution in [2.45, 2.75) is 46.1 Å². The van der Waals surface area contributed by atoms with Crippen molar-refractivity contribution >= 4 is 15.9 Å². The van der Waals surface area contributed by atoms with Gasteiger partial charge in [-0.15, -0.1) is 0 Å². The predicted octanol–water partition coefficient (Wildman–Crippen LogP) is 4.99. The van der Waals surface area contributed by atoms with E-state index in [1.54, 1.807) is 6.07 Å². The van der Waals surface area contributed by atoms with E-state index in [1.165, 1.54) is 31.7 Å². The summed E-state index contributed by atoms with van der Waals surface area (Å²) in [6.45, 7) is 7.43. The molecule has 0 amide bonds. The van der Waals surface area contributed by atoms with E-state index in [-0.39, 0.29) is 5.82 Å². The zero-order valence-corrected chi connectivity index (χ0v) is 13.0. The van der Waals surface area contributed by atoms with Crippen LogP contribution < -0.4 is 0 Å². The molecule has 0 aliphatic heterocycles. The first-order valence-electron chi connectivity index (χ1n) is 6.84. The molecule has 0 atom stereocenters. The highest BCUT2D eigenvalue weighted by molar-refractivity contribution is 9.10. The largest absolute Gasteiger partial charge is 0.299 e. The van der Waals surface area contributed by atoms with Gasteiger partial charge in [0.05, 0.1) is 4.47 Å². The van der Waals surface area contributed by atoms with Crippen LogP contribution in [0.15, 0.2) is 22.7 Å². The van der Waals surface area contributed by atoms with Crippen molar-refractivity contribution < 1.29 is 4.39 Å². The maximum absolute atomic E-state index is 13.5. The molecule has 102 valence electrons. The van der Waals surface area contributed by atoms with Crippen molar-refractivity contribution in [3.05, 3.63) is 34.1 Å². The van der Waals surface area contributed by atoms with Crippen LogP contribution >= 0.6 is 15.9 Å². The second-order valence-electron chi connectivity index (χ2n) is 4.70. The van der Waals surface area contributed by atoms with Crippen molar-refractivity contribution in [2.75, 3.05) is 13.1 Å². The molecule has 0 spiro atoms. The molecule has 0 radical (unpaired) electrons. The van der Waals surface area contributed by atoms with Crippen molar-refractivity contribution in [3.8, 4) is 0 Å². The van der Waals surface area contributed by atoms with Gasteiger partial charge in [0.25, 0.3) is 0 Å². The van der Waals surface area contributed by atoms with Crippen molar-refractivity contribution in [3.63, 3.8) is 0 Å². The van der Waals surface area contributed by atoms with Gasteiger partial charge in [0.1, 0.15) is 5.82 Å². The minimum Gasteiger partial charge on any atom is -0.299 e. The van der Waals surface area contributed by atoms with Crippen LogP contribution in [0.25, 0.3) is 0 Å². The van der Waals surface area contributed by atoms with Gasteiger partial charge in [-0.3, -0.25) is 4.90 Å². The standard InChI is InChI=1S/C15H23BrFN/c1-3-5-10-18(11-6-4-2)12-13-8-7-9-14(17)15(13)16/h7-9H,3-6,10-12H2,1-2H3. The lowest BCUT2D eigenvalue weighted by molar-refractivity contribution is 0.256. The van der Waals surface area contributed by atoms with Crippen LogP contribution in [0.1, 0.15) is 45.1 Å². The number of hydrogen-bond donors (Lipinski definition) is 0. The van der Waals surface area contributed by atoms with E-state index in [0.717, 1.165) is 25.2 Å². The third-order valence-electron chi connectivity index (χ3n) is 3.08. The van der Waals surface area contributed by atoms with Gasteiger partial charge in [-0.2, -0.15) is 0 Å². The van der Waals surface area contributed by atoms with E-state index < -0.39 is 0 Å². The minimum atomic E-state index is -0.168. The molecule has 0 unspecified atom stereocenters. The molecular weight excluding hydrogens is 293 g/mol. The van der Waals surface area contributed by atoms with Gasteiger partial charge >= 0.3 is 0 Å². The smallest absolute Gasteiger partial charge is 0.137 e. The SMILES string of the molecule is CCCCN(CCCC)Cc1cccc(F)c1Br. The highest BCUT2D eigenvalue weighted by Gasteiger charge is 2.10. The number of halogens is 2. The molecule has 0 aromatic heterocycles. The summed E-state index contributed by atoms with van der Waals surface area (Å²) in [7, 11) is 0. The quantitative estimate of drug-likeness (QED) is 0.653. The number of unbranched alkanes of at least 4 members (excludes halogenated alkanes) is 2. The Kier molecular flexibility index (Phi) is 7.52. The molecule has 0 heterocycles. The molecule has 0 saturated carbocycles. The van der Waals surface area contributed by atoms with Gasteiger partial charge < -0.3 is 0 Å². The van der Waals surface area contributed by atoms with Crippen LogP contribution in [0.5, 0.6) is 0 Å². The van der Waals surface area contributed by atoms with Crippen LogP contribution in [0.3, 0.4) is 0 Å². The lowest BCUT2D eigenvalue weighted by Crippen LogP contribution is -2.25. The second kappa shape index (κ2) is 8.65. The average Bonchev–Trinajstić information content (AvgIpc) is 2.38. The van der Waals surface area contributed by atoms with Gasteiger partial charge in [-0.25, -0.2) is 4.39 Å². The fourth-order valence-corrected chi connectivity index (χ4v) is 2.33. The topological polar surface area (TPSA) is 3.24 Å². The van der Waals surface area contributed by atoms with Crippen LogP contribution in [0.2, 0.25) is 0 Å². The molecule has 0 aliphatic carbocycles. The molecular formula is C15H23BrFN. The summed E-state index contributed by atoms with van der Waals surface area (Å²) in [5.41, 5.74) is 1.04. The Morgan fingerprint density at radius 2 is 1.72 bits per heavy atom. The summed E-state index contributed by atoms with van der Waals surface area (Å²) in [6, 6.07) is 5.28. The van der Waals surface area contributed by atoms with Crippen LogP contribution in [0.4, 0.5) is 4.39 Å². The predicted molar refractivity (Wildman–Crippen MR) is 79.2 cm³/mol. The maximum Gasteiger partial charge on any atom is 0.137 e. The van der Waals surface area contributed by atoms with E-state index in [1.807, 2.05) is 6.07 Å². The average molecular weight is 316 g/mol. The van der Waals surface area contributed by atoms with Gasteiger partial charge in [0.2, 0.25) is 0 Å². The molecule has 0 bridgehead atoms. The Bertz CT molecular complexity index is 346. The maximum atomic E-state index is 13.5. The van der Waals surface area contributed by atoms with Crippen LogP contribution in [0, 0.1) is 5.82 Å². The fraction of sp³-hybridized carbons (Fsp3) is 0.600. The summed E-state index contributed by atoms with van der Waals surface area (Å²) in [4.78, 5) is 2.42. The van der Waals surface area contributed by atoms with Crippen LogP contribution in [-0.4, -0.2) is 18.0 Å². The number of nitrogens with zero attached hydrogens (tertiary/aromatic N) is 1. The summed E-state index contributed by atoms with van der Waals surface area (Å²) in [5.74, 6) is -0.168. The lowest BCUT2D eigenvalue weighted by atomic mass is 10.2. The zero-order valence-electron chi connectivity index (χ0n) is 11.4. The number of rotatable bonds is 8. The van der Waals surface area contributed by atoms with Crippen molar-refractivity contribution in [1.29, 1.82) is 0 Å². The molecule has 0 fully saturated rings. The van der Waals surface area contributed by atoms with E-state index in [4.69, 9.17) is 0 Å². The Morgan fingerprint density at radius 1 is 1.11 bits per heavy atom. The molecule has 3 heteroatoms. The first-order chi connectivity index (χ1) is 8.69. The summed E-state index contributed by atoms with van der Waals surface area (Å²) >= 11 is 3.34. The Labute approximate surface area is 119 Å². The van der Waals surface area contributed by atoms with E-state index in [0.29, 0.717) is 4.47 Å². The van der Waals surface area contributed by atoms with Gasteiger partial charge in [-0.1, -0.05) is 38.8 Å². The second-order valence-corrected chi connectivity index (χ2v) is 5.49. The molecule has 1 aromatic rings. The first kappa shape index (κ1) is 15.6. The molecule has 0 N–H and O–H groups in total. The van der Waals surface area contributed by atoms with Crippen molar-refractivity contribution in [1.82, 2.24) is 4.90 Å². The normalized spacial score (nSPS) is 11.2. The van der Waals surface area contributed by atoms with E-state index in [2.05, 4.69) is 34.7 Å². The summed E-state index contributed by atoms with van der Waals surface area (Å²) < 4.78 is 14.1. The summed E-state index contributed by atoms with van der Waals surface area (Å²) in [6.07, 6.45) is 4.81. The van der Waals surface area contributed by atoms with Gasteiger partial charge in [0.15, 0.2) is 0 Å².